The number of fused-ring (bicyclic) bond motifs is 1. The smallest absolute Gasteiger partial charge is 0.326 e. The molecule has 0 fully saturated rings. The lowest BCUT2D eigenvalue weighted by molar-refractivity contribution is 0.243. The van der Waals surface area contributed by atoms with Gasteiger partial charge >= 0.3 is 6.03 Å². The number of amides is 1. The van der Waals surface area contributed by atoms with Gasteiger partial charge in [-0.3, -0.25) is 4.57 Å². The summed E-state index contributed by atoms with van der Waals surface area (Å²) in [4.78, 5) is 12.2. The highest BCUT2D eigenvalue weighted by molar-refractivity contribution is 6.30. The van der Waals surface area contributed by atoms with Gasteiger partial charge in [-0.1, -0.05) is 41.9 Å². The van der Waals surface area contributed by atoms with Gasteiger partial charge in [0.1, 0.15) is 0 Å². The van der Waals surface area contributed by atoms with Crippen LogP contribution in [-0.2, 0) is 6.42 Å². The predicted molar refractivity (Wildman–Crippen MR) is 85.9 cm³/mol. The van der Waals surface area contributed by atoms with Crippen molar-refractivity contribution in [3.63, 3.8) is 0 Å². The Hall–Kier alpha value is -2.26. The third-order valence-electron chi connectivity index (χ3n) is 3.42. The van der Waals surface area contributed by atoms with Crippen molar-refractivity contribution in [1.29, 1.82) is 0 Å². The summed E-state index contributed by atoms with van der Waals surface area (Å²) in [6, 6.07) is 17.3. The van der Waals surface area contributed by atoms with Crippen molar-refractivity contribution in [3.05, 3.63) is 71.4 Å². The molecule has 106 valence electrons. The Morgan fingerprint density at radius 2 is 1.81 bits per heavy atom. The Labute approximate surface area is 128 Å². The number of benzene rings is 2. The van der Waals surface area contributed by atoms with Crippen LogP contribution in [0.2, 0.25) is 5.02 Å². The predicted octanol–water partition coefficient (Wildman–Crippen LogP) is 4.10. The SMILES string of the molecule is O=C(NCCc1ccc(Cl)cc1)n1ccc2ccccc21. The summed E-state index contributed by atoms with van der Waals surface area (Å²) in [5.41, 5.74) is 2.07. The van der Waals surface area contributed by atoms with Crippen molar-refractivity contribution in [2.24, 2.45) is 0 Å². The molecule has 3 rings (SSSR count). The molecule has 0 bridgehead atoms. The monoisotopic (exact) mass is 298 g/mol. The van der Waals surface area contributed by atoms with Crippen LogP contribution in [0, 0.1) is 0 Å². The summed E-state index contributed by atoms with van der Waals surface area (Å²) in [7, 11) is 0. The number of hydrogen-bond acceptors (Lipinski definition) is 1. The molecule has 1 N–H and O–H groups in total. The largest absolute Gasteiger partial charge is 0.337 e. The summed E-state index contributed by atoms with van der Waals surface area (Å²) in [6.07, 6.45) is 2.57. The number of hydrogen-bond donors (Lipinski definition) is 1. The van der Waals surface area contributed by atoms with E-state index in [1.807, 2.05) is 54.6 Å². The molecule has 0 atom stereocenters. The third kappa shape index (κ3) is 3.09. The van der Waals surface area contributed by atoms with Gasteiger partial charge in [0, 0.05) is 23.2 Å². The molecule has 3 nitrogen and oxygen atoms in total. The van der Waals surface area contributed by atoms with Crippen LogP contribution >= 0.6 is 11.6 Å². The first-order valence-corrected chi connectivity index (χ1v) is 7.20. The minimum atomic E-state index is -0.106. The molecule has 0 saturated heterocycles. The number of aromatic nitrogens is 1. The summed E-state index contributed by atoms with van der Waals surface area (Å²) < 4.78 is 1.64. The molecule has 2 aromatic carbocycles. The molecule has 0 aliphatic rings. The second-order valence-electron chi connectivity index (χ2n) is 4.85. The maximum Gasteiger partial charge on any atom is 0.326 e. The van der Waals surface area contributed by atoms with E-state index in [1.54, 1.807) is 10.8 Å². The third-order valence-corrected chi connectivity index (χ3v) is 3.67. The average Bonchev–Trinajstić information content (AvgIpc) is 2.93. The first kappa shape index (κ1) is 13.7. The average molecular weight is 299 g/mol. The first-order valence-electron chi connectivity index (χ1n) is 6.83. The molecule has 1 amide bonds. The van der Waals surface area contributed by atoms with Crippen molar-refractivity contribution in [1.82, 2.24) is 9.88 Å². The Morgan fingerprint density at radius 1 is 1.05 bits per heavy atom. The quantitative estimate of drug-likeness (QED) is 0.776. The van der Waals surface area contributed by atoms with Gasteiger partial charge in [0.25, 0.3) is 0 Å². The lowest BCUT2D eigenvalue weighted by Crippen LogP contribution is -2.29. The lowest BCUT2D eigenvalue weighted by Gasteiger charge is -2.07. The van der Waals surface area contributed by atoms with Gasteiger partial charge in [-0.05, 0) is 36.2 Å². The van der Waals surface area contributed by atoms with Crippen LogP contribution in [0.3, 0.4) is 0 Å². The maximum absolute atomic E-state index is 12.2. The molecule has 0 unspecified atom stereocenters. The Morgan fingerprint density at radius 3 is 2.62 bits per heavy atom. The normalized spacial score (nSPS) is 10.7. The zero-order valence-electron chi connectivity index (χ0n) is 11.4. The second kappa shape index (κ2) is 6.02. The van der Waals surface area contributed by atoms with Gasteiger partial charge in [-0.25, -0.2) is 4.79 Å². The van der Waals surface area contributed by atoms with Crippen molar-refractivity contribution in [2.45, 2.75) is 6.42 Å². The van der Waals surface area contributed by atoms with E-state index in [1.165, 1.54) is 0 Å². The van der Waals surface area contributed by atoms with Crippen LogP contribution in [0.4, 0.5) is 4.79 Å². The van der Waals surface area contributed by atoms with E-state index in [0.717, 1.165) is 27.9 Å². The summed E-state index contributed by atoms with van der Waals surface area (Å²) in [6.45, 7) is 0.590. The van der Waals surface area contributed by atoms with Gasteiger partial charge < -0.3 is 5.32 Å². The lowest BCUT2D eigenvalue weighted by atomic mass is 10.1. The topological polar surface area (TPSA) is 34.0 Å². The Kier molecular flexibility index (Phi) is 3.93. The minimum absolute atomic E-state index is 0.106. The maximum atomic E-state index is 12.2. The van der Waals surface area contributed by atoms with Crippen LogP contribution in [0.15, 0.2) is 60.8 Å². The van der Waals surface area contributed by atoms with Gasteiger partial charge in [0.2, 0.25) is 0 Å². The van der Waals surface area contributed by atoms with Crippen molar-refractivity contribution in [2.75, 3.05) is 6.54 Å². The summed E-state index contributed by atoms with van der Waals surface area (Å²) in [5, 5.41) is 4.72. The molecular weight excluding hydrogens is 284 g/mol. The number of rotatable bonds is 3. The number of carbonyl (C=O) groups is 1. The fourth-order valence-corrected chi connectivity index (χ4v) is 2.44. The number of carbonyl (C=O) groups excluding carboxylic acids is 1. The molecule has 3 aromatic rings. The van der Waals surface area contributed by atoms with Crippen LogP contribution in [0.25, 0.3) is 10.9 Å². The molecule has 0 saturated carbocycles. The van der Waals surface area contributed by atoms with Gasteiger partial charge in [-0.2, -0.15) is 0 Å². The van der Waals surface area contributed by atoms with E-state index in [0.29, 0.717) is 6.54 Å². The van der Waals surface area contributed by atoms with Crippen molar-refractivity contribution in [3.8, 4) is 0 Å². The summed E-state index contributed by atoms with van der Waals surface area (Å²) in [5.74, 6) is 0. The van der Waals surface area contributed by atoms with Crippen LogP contribution < -0.4 is 5.32 Å². The molecule has 0 spiro atoms. The first-order chi connectivity index (χ1) is 10.2. The highest BCUT2D eigenvalue weighted by atomic mass is 35.5. The number of halogens is 1. The van der Waals surface area contributed by atoms with Crippen LogP contribution in [0.1, 0.15) is 5.56 Å². The van der Waals surface area contributed by atoms with E-state index in [9.17, 15) is 4.79 Å². The fourth-order valence-electron chi connectivity index (χ4n) is 2.31. The molecule has 21 heavy (non-hydrogen) atoms. The van der Waals surface area contributed by atoms with E-state index in [2.05, 4.69) is 5.32 Å². The van der Waals surface area contributed by atoms with Crippen molar-refractivity contribution < 1.29 is 4.79 Å². The van der Waals surface area contributed by atoms with Crippen LogP contribution in [0.5, 0.6) is 0 Å². The highest BCUT2D eigenvalue weighted by Crippen LogP contribution is 2.14. The number of nitrogens with one attached hydrogen (secondary N) is 1. The van der Waals surface area contributed by atoms with Crippen LogP contribution in [-0.4, -0.2) is 17.1 Å². The van der Waals surface area contributed by atoms with Crippen molar-refractivity contribution >= 4 is 28.5 Å². The Balaban J connectivity index is 1.63. The fraction of sp³-hybridized carbons (Fsp3) is 0.118. The minimum Gasteiger partial charge on any atom is -0.337 e. The summed E-state index contributed by atoms with van der Waals surface area (Å²) >= 11 is 5.85. The molecule has 0 radical (unpaired) electrons. The molecule has 1 aromatic heterocycles. The Bertz CT molecular complexity index is 762. The molecule has 4 heteroatoms. The molecule has 1 heterocycles. The van der Waals surface area contributed by atoms with Gasteiger partial charge in [0.05, 0.1) is 5.52 Å². The molecule has 0 aliphatic heterocycles. The number of nitrogens with zero attached hydrogens (tertiary/aromatic N) is 1. The van der Waals surface area contributed by atoms with Gasteiger partial charge in [0.15, 0.2) is 0 Å². The van der Waals surface area contributed by atoms with Gasteiger partial charge in [-0.15, -0.1) is 0 Å². The zero-order valence-corrected chi connectivity index (χ0v) is 12.2. The second-order valence-corrected chi connectivity index (χ2v) is 5.29. The van der Waals surface area contributed by atoms with E-state index >= 15 is 0 Å². The zero-order chi connectivity index (χ0) is 14.7. The highest BCUT2D eigenvalue weighted by Gasteiger charge is 2.07. The molecule has 0 aliphatic carbocycles. The van der Waals surface area contributed by atoms with E-state index in [-0.39, 0.29) is 6.03 Å². The van der Waals surface area contributed by atoms with E-state index in [4.69, 9.17) is 11.6 Å². The van der Waals surface area contributed by atoms with E-state index < -0.39 is 0 Å². The number of para-hydroxylation sites is 1. The molecular formula is C17H15ClN2O. The standard InChI is InChI=1S/C17H15ClN2O/c18-15-7-5-13(6-8-15)9-11-19-17(21)20-12-10-14-3-1-2-4-16(14)20/h1-8,10,12H,9,11H2,(H,19,21).